The topological polar surface area (TPSA) is 96.3 Å². The summed E-state index contributed by atoms with van der Waals surface area (Å²) in [6.45, 7) is 6.97. The summed E-state index contributed by atoms with van der Waals surface area (Å²) in [5.41, 5.74) is 0.553. The minimum absolute atomic E-state index is 0.0861. The predicted octanol–water partition coefficient (Wildman–Crippen LogP) is 1.71. The molecule has 3 rings (SSSR count). The van der Waals surface area contributed by atoms with Crippen LogP contribution in [0.4, 0.5) is 5.69 Å². The van der Waals surface area contributed by atoms with Crippen molar-refractivity contribution in [2.75, 3.05) is 12.0 Å². The molecule has 0 aromatic heterocycles. The molecule has 8 heteroatoms. The molecule has 0 aliphatic carbocycles. The van der Waals surface area contributed by atoms with Crippen molar-refractivity contribution in [3.05, 3.63) is 29.8 Å². The number of aryl methyl sites for hydroxylation is 1. The molecule has 2 amide bonds. The molecule has 0 bridgehead atoms. The summed E-state index contributed by atoms with van der Waals surface area (Å²) in [4.78, 5) is 51.7. The monoisotopic (exact) mass is 399 g/mol. The molecule has 8 nitrogen and oxygen atoms in total. The quantitative estimate of drug-likeness (QED) is 0.534. The Hall–Kier alpha value is -3.03. The number of carbonyl (C=O) groups excluding carboxylic acids is 4. The number of anilines is 1. The third-order valence-electron chi connectivity index (χ3n) is 5.35. The van der Waals surface area contributed by atoms with Gasteiger partial charge in [-0.05, 0) is 44.9 Å². The standard InChI is InChI=1S/C21H25N3O5/c1-6-13-7-9-14(10-8-13)23-18(26)15-16(20(28)29-5)22-24(17(15)19(23)27)21(3,4)11-12(2)25/h7-10,15,17H,6,11H2,1-5H3. The minimum atomic E-state index is -1.06. The van der Waals surface area contributed by atoms with Gasteiger partial charge in [-0.3, -0.25) is 19.4 Å². The van der Waals surface area contributed by atoms with E-state index in [1.54, 1.807) is 26.0 Å². The second kappa shape index (κ2) is 7.42. The Bertz CT molecular complexity index is 903. The summed E-state index contributed by atoms with van der Waals surface area (Å²) in [5.74, 6) is -2.90. The summed E-state index contributed by atoms with van der Waals surface area (Å²) >= 11 is 0. The molecule has 0 saturated carbocycles. The fourth-order valence-electron chi connectivity index (χ4n) is 4.02. The molecule has 2 unspecified atom stereocenters. The van der Waals surface area contributed by atoms with Gasteiger partial charge in [-0.1, -0.05) is 19.1 Å². The molecule has 0 N–H and O–H groups in total. The number of carbonyl (C=O) groups is 4. The van der Waals surface area contributed by atoms with Crippen molar-refractivity contribution in [1.82, 2.24) is 5.01 Å². The lowest BCUT2D eigenvalue weighted by Crippen LogP contribution is -2.50. The summed E-state index contributed by atoms with van der Waals surface area (Å²) in [6, 6.07) is 6.16. The fourth-order valence-corrected chi connectivity index (χ4v) is 4.02. The second-order valence-electron chi connectivity index (χ2n) is 7.97. The molecular formula is C21H25N3O5. The van der Waals surface area contributed by atoms with Crippen molar-refractivity contribution in [3.63, 3.8) is 0 Å². The first-order valence-electron chi connectivity index (χ1n) is 9.54. The number of rotatable bonds is 6. The lowest BCUT2D eigenvalue weighted by atomic mass is 9.92. The van der Waals surface area contributed by atoms with Crippen LogP contribution < -0.4 is 4.90 Å². The lowest BCUT2D eigenvalue weighted by molar-refractivity contribution is -0.133. The van der Waals surface area contributed by atoms with Crippen molar-refractivity contribution in [2.45, 2.75) is 52.1 Å². The van der Waals surface area contributed by atoms with Crippen LogP contribution >= 0.6 is 0 Å². The number of ether oxygens (including phenoxy) is 1. The summed E-state index contributed by atoms with van der Waals surface area (Å²) in [5, 5.41) is 5.70. The zero-order valence-corrected chi connectivity index (χ0v) is 17.3. The number of amides is 2. The van der Waals surface area contributed by atoms with E-state index in [4.69, 9.17) is 4.74 Å². The first-order valence-corrected chi connectivity index (χ1v) is 9.54. The van der Waals surface area contributed by atoms with Crippen LogP contribution in [0.25, 0.3) is 0 Å². The van der Waals surface area contributed by atoms with E-state index in [1.807, 2.05) is 19.1 Å². The fraction of sp³-hybridized carbons (Fsp3) is 0.476. The van der Waals surface area contributed by atoms with Crippen LogP contribution in [-0.2, 0) is 30.3 Å². The molecule has 1 aromatic carbocycles. The molecule has 1 saturated heterocycles. The summed E-state index contributed by atoms with van der Waals surface area (Å²) in [6.07, 6.45) is 0.945. The number of nitrogens with zero attached hydrogens (tertiary/aromatic N) is 3. The summed E-state index contributed by atoms with van der Waals surface area (Å²) in [7, 11) is 1.20. The van der Waals surface area contributed by atoms with Gasteiger partial charge in [0.05, 0.1) is 18.3 Å². The molecule has 0 spiro atoms. The van der Waals surface area contributed by atoms with Crippen LogP contribution in [0.1, 0.15) is 39.7 Å². The highest BCUT2D eigenvalue weighted by Crippen LogP contribution is 2.39. The van der Waals surface area contributed by atoms with Crippen molar-refractivity contribution >= 4 is 35.0 Å². The van der Waals surface area contributed by atoms with Gasteiger partial charge >= 0.3 is 5.97 Å². The highest BCUT2D eigenvalue weighted by molar-refractivity contribution is 6.46. The third-order valence-corrected chi connectivity index (χ3v) is 5.35. The first kappa shape index (κ1) is 20.7. The van der Waals surface area contributed by atoms with Crippen molar-refractivity contribution in [1.29, 1.82) is 0 Å². The Morgan fingerprint density at radius 1 is 1.14 bits per heavy atom. The normalized spacial score (nSPS) is 21.3. The average Bonchev–Trinajstić information content (AvgIpc) is 3.18. The Kier molecular flexibility index (Phi) is 5.30. The molecule has 154 valence electrons. The number of Topliss-reactive ketones (excluding diaryl/α,β-unsaturated/α-hetero) is 1. The van der Waals surface area contributed by atoms with E-state index in [2.05, 4.69) is 5.10 Å². The molecule has 29 heavy (non-hydrogen) atoms. The molecule has 0 radical (unpaired) electrons. The van der Waals surface area contributed by atoms with Gasteiger partial charge < -0.3 is 4.74 Å². The van der Waals surface area contributed by atoms with E-state index in [0.29, 0.717) is 5.69 Å². The number of hydrogen-bond acceptors (Lipinski definition) is 7. The molecule has 1 aromatic rings. The zero-order valence-electron chi connectivity index (χ0n) is 17.3. The maximum Gasteiger partial charge on any atom is 0.355 e. The number of esters is 1. The molecule has 2 heterocycles. The van der Waals surface area contributed by atoms with Gasteiger partial charge in [0.15, 0.2) is 5.71 Å². The van der Waals surface area contributed by atoms with E-state index in [0.717, 1.165) is 16.9 Å². The van der Waals surface area contributed by atoms with Gasteiger partial charge in [0, 0.05) is 6.42 Å². The number of ketones is 1. The SMILES string of the molecule is CCc1ccc(N2C(=O)C3C(C(=O)OC)=NN(C(C)(C)CC(C)=O)C3C2=O)cc1. The molecule has 1 fully saturated rings. The molecule has 2 aliphatic heterocycles. The maximum atomic E-state index is 13.3. The molecular weight excluding hydrogens is 374 g/mol. The summed E-state index contributed by atoms with van der Waals surface area (Å²) < 4.78 is 4.79. The van der Waals surface area contributed by atoms with E-state index < -0.39 is 35.3 Å². The van der Waals surface area contributed by atoms with Gasteiger partial charge in [-0.25, -0.2) is 9.69 Å². The smallest absolute Gasteiger partial charge is 0.355 e. The van der Waals surface area contributed by atoms with Gasteiger partial charge in [0.1, 0.15) is 17.7 Å². The molecule has 2 atom stereocenters. The van der Waals surface area contributed by atoms with E-state index >= 15 is 0 Å². The zero-order chi connectivity index (χ0) is 21.5. The van der Waals surface area contributed by atoms with Crippen molar-refractivity contribution in [2.24, 2.45) is 11.0 Å². The number of benzene rings is 1. The third kappa shape index (κ3) is 3.43. The van der Waals surface area contributed by atoms with Crippen LogP contribution in [0.15, 0.2) is 29.4 Å². The lowest BCUT2D eigenvalue weighted by Gasteiger charge is -2.36. The van der Waals surface area contributed by atoms with Gasteiger partial charge in [-0.2, -0.15) is 5.10 Å². The number of imide groups is 1. The highest BCUT2D eigenvalue weighted by Gasteiger charge is 2.60. The Morgan fingerprint density at radius 3 is 2.28 bits per heavy atom. The van der Waals surface area contributed by atoms with Gasteiger partial charge in [-0.15, -0.1) is 0 Å². The Balaban J connectivity index is 2.05. The van der Waals surface area contributed by atoms with Crippen LogP contribution in [0.5, 0.6) is 0 Å². The maximum absolute atomic E-state index is 13.3. The van der Waals surface area contributed by atoms with Gasteiger partial charge in [0.25, 0.3) is 5.91 Å². The van der Waals surface area contributed by atoms with E-state index in [-0.39, 0.29) is 17.9 Å². The first-order chi connectivity index (χ1) is 13.6. The minimum Gasteiger partial charge on any atom is -0.464 e. The van der Waals surface area contributed by atoms with Crippen LogP contribution in [-0.4, -0.2) is 53.0 Å². The number of fused-ring (bicyclic) bond motifs is 1. The van der Waals surface area contributed by atoms with Crippen molar-refractivity contribution in [3.8, 4) is 0 Å². The largest absolute Gasteiger partial charge is 0.464 e. The van der Waals surface area contributed by atoms with Crippen molar-refractivity contribution < 1.29 is 23.9 Å². The molecule has 2 aliphatic rings. The van der Waals surface area contributed by atoms with Gasteiger partial charge in [0.2, 0.25) is 5.91 Å². The highest BCUT2D eigenvalue weighted by atomic mass is 16.5. The van der Waals surface area contributed by atoms with E-state index in [1.165, 1.54) is 19.0 Å². The van der Waals surface area contributed by atoms with Crippen LogP contribution in [0, 0.1) is 5.92 Å². The number of hydrazone groups is 1. The number of methoxy groups -OCH3 is 1. The Morgan fingerprint density at radius 2 is 1.76 bits per heavy atom. The second-order valence-corrected chi connectivity index (χ2v) is 7.97. The van der Waals surface area contributed by atoms with Crippen LogP contribution in [0.3, 0.4) is 0 Å². The number of hydrogen-bond donors (Lipinski definition) is 0. The Labute approximate surface area is 169 Å². The average molecular weight is 399 g/mol. The van der Waals surface area contributed by atoms with Crippen LogP contribution in [0.2, 0.25) is 0 Å². The van der Waals surface area contributed by atoms with E-state index in [9.17, 15) is 19.2 Å². The predicted molar refractivity (Wildman–Crippen MR) is 106 cm³/mol.